The van der Waals surface area contributed by atoms with Crippen molar-refractivity contribution in [2.75, 3.05) is 11.9 Å². The SMILES string of the molecule is C=CCNc1noc2ccccc12. The molecule has 0 amide bonds. The van der Waals surface area contributed by atoms with Gasteiger partial charge in [-0.3, -0.25) is 0 Å². The lowest BCUT2D eigenvalue weighted by atomic mass is 10.2. The summed E-state index contributed by atoms with van der Waals surface area (Å²) in [6.45, 7) is 4.31. The fraction of sp³-hybridized carbons (Fsp3) is 0.100. The fourth-order valence-electron chi connectivity index (χ4n) is 1.18. The molecule has 0 saturated carbocycles. The van der Waals surface area contributed by atoms with Crippen molar-refractivity contribution in [2.24, 2.45) is 0 Å². The molecule has 0 fully saturated rings. The van der Waals surface area contributed by atoms with E-state index in [1.165, 1.54) is 0 Å². The lowest BCUT2D eigenvalue weighted by Gasteiger charge is -1.95. The fourth-order valence-corrected chi connectivity index (χ4v) is 1.18. The smallest absolute Gasteiger partial charge is 0.177 e. The maximum absolute atomic E-state index is 5.10. The monoisotopic (exact) mass is 174 g/mol. The van der Waals surface area contributed by atoms with Gasteiger partial charge in [0.25, 0.3) is 0 Å². The second kappa shape index (κ2) is 3.31. The molecule has 0 spiro atoms. The standard InChI is InChI=1S/C10H10N2O/c1-2-7-11-10-8-5-3-4-6-9(8)13-12-10/h2-6H,1,7H2,(H,11,12). The molecule has 1 heterocycles. The van der Waals surface area contributed by atoms with Crippen molar-refractivity contribution in [3.05, 3.63) is 36.9 Å². The van der Waals surface area contributed by atoms with Crippen LogP contribution in [0.1, 0.15) is 0 Å². The Hall–Kier alpha value is -1.77. The van der Waals surface area contributed by atoms with E-state index < -0.39 is 0 Å². The molecule has 1 aromatic heterocycles. The van der Waals surface area contributed by atoms with Gasteiger partial charge < -0.3 is 9.84 Å². The van der Waals surface area contributed by atoms with Crippen molar-refractivity contribution in [3.8, 4) is 0 Å². The molecule has 0 bridgehead atoms. The van der Waals surface area contributed by atoms with Gasteiger partial charge in [0.2, 0.25) is 0 Å². The van der Waals surface area contributed by atoms with Crippen LogP contribution >= 0.6 is 0 Å². The highest BCUT2D eigenvalue weighted by Crippen LogP contribution is 2.21. The summed E-state index contributed by atoms with van der Waals surface area (Å²) in [7, 11) is 0. The normalized spacial score (nSPS) is 10.2. The molecule has 3 nitrogen and oxygen atoms in total. The Morgan fingerprint density at radius 3 is 3.15 bits per heavy atom. The number of nitrogens with one attached hydrogen (secondary N) is 1. The van der Waals surface area contributed by atoms with Crippen LogP contribution in [0.2, 0.25) is 0 Å². The zero-order valence-corrected chi connectivity index (χ0v) is 7.16. The summed E-state index contributed by atoms with van der Waals surface area (Å²) >= 11 is 0. The van der Waals surface area contributed by atoms with Crippen LogP contribution in [0.3, 0.4) is 0 Å². The summed E-state index contributed by atoms with van der Waals surface area (Å²) in [6, 6.07) is 7.74. The number of hydrogen-bond acceptors (Lipinski definition) is 3. The Labute approximate surface area is 76.0 Å². The highest BCUT2D eigenvalue weighted by Gasteiger charge is 2.04. The van der Waals surface area contributed by atoms with E-state index in [9.17, 15) is 0 Å². The number of para-hydroxylation sites is 1. The molecule has 2 aromatic rings. The molecule has 0 aliphatic rings. The van der Waals surface area contributed by atoms with Crippen LogP contribution < -0.4 is 5.32 Å². The molecule has 0 aliphatic carbocycles. The average molecular weight is 174 g/mol. The molecule has 0 aliphatic heterocycles. The van der Waals surface area contributed by atoms with Gasteiger partial charge >= 0.3 is 0 Å². The van der Waals surface area contributed by atoms with Crippen LogP contribution in [-0.4, -0.2) is 11.7 Å². The summed E-state index contributed by atoms with van der Waals surface area (Å²) < 4.78 is 5.10. The molecule has 66 valence electrons. The summed E-state index contributed by atoms with van der Waals surface area (Å²) in [5, 5.41) is 8.00. The maximum Gasteiger partial charge on any atom is 0.177 e. The third-order valence-electron chi connectivity index (χ3n) is 1.79. The van der Waals surface area contributed by atoms with Crippen LogP contribution in [-0.2, 0) is 0 Å². The van der Waals surface area contributed by atoms with E-state index >= 15 is 0 Å². The lowest BCUT2D eigenvalue weighted by Crippen LogP contribution is -1.97. The van der Waals surface area contributed by atoms with Crippen LogP contribution in [0, 0.1) is 0 Å². The van der Waals surface area contributed by atoms with Crippen LogP contribution in [0.4, 0.5) is 5.82 Å². The van der Waals surface area contributed by atoms with Crippen molar-refractivity contribution in [3.63, 3.8) is 0 Å². The Balaban J connectivity index is 2.40. The first kappa shape index (κ1) is 7.86. The highest BCUT2D eigenvalue weighted by molar-refractivity contribution is 5.87. The van der Waals surface area contributed by atoms with Gasteiger partial charge in [0.05, 0.1) is 5.39 Å². The van der Waals surface area contributed by atoms with Crippen LogP contribution in [0.5, 0.6) is 0 Å². The molecule has 0 radical (unpaired) electrons. The molecule has 0 unspecified atom stereocenters. The first-order chi connectivity index (χ1) is 6.42. The Morgan fingerprint density at radius 2 is 2.31 bits per heavy atom. The molecule has 0 atom stereocenters. The van der Waals surface area contributed by atoms with Gasteiger partial charge in [-0.15, -0.1) is 6.58 Å². The van der Waals surface area contributed by atoms with Gasteiger partial charge in [-0.05, 0) is 12.1 Å². The lowest BCUT2D eigenvalue weighted by molar-refractivity contribution is 0.459. The molecular weight excluding hydrogens is 164 g/mol. The molecule has 0 saturated heterocycles. The number of nitrogens with zero attached hydrogens (tertiary/aromatic N) is 1. The first-order valence-corrected chi connectivity index (χ1v) is 4.11. The van der Waals surface area contributed by atoms with Crippen molar-refractivity contribution < 1.29 is 4.52 Å². The summed E-state index contributed by atoms with van der Waals surface area (Å²) in [5.74, 6) is 0.774. The maximum atomic E-state index is 5.10. The van der Waals surface area contributed by atoms with Crippen molar-refractivity contribution >= 4 is 16.8 Å². The Morgan fingerprint density at radius 1 is 1.46 bits per heavy atom. The van der Waals surface area contributed by atoms with Crippen molar-refractivity contribution in [1.82, 2.24) is 5.16 Å². The van der Waals surface area contributed by atoms with E-state index in [1.54, 1.807) is 6.08 Å². The molecular formula is C10H10N2O. The van der Waals surface area contributed by atoms with E-state index in [2.05, 4.69) is 17.1 Å². The van der Waals surface area contributed by atoms with Gasteiger partial charge in [-0.2, -0.15) is 0 Å². The van der Waals surface area contributed by atoms with E-state index in [0.717, 1.165) is 16.8 Å². The predicted octanol–water partition coefficient (Wildman–Crippen LogP) is 2.43. The minimum Gasteiger partial charge on any atom is -0.363 e. The van der Waals surface area contributed by atoms with Gasteiger partial charge in [0, 0.05) is 6.54 Å². The summed E-state index contributed by atoms with van der Waals surface area (Å²) in [4.78, 5) is 0. The number of benzene rings is 1. The largest absolute Gasteiger partial charge is 0.363 e. The topological polar surface area (TPSA) is 38.1 Å². The predicted molar refractivity (Wildman–Crippen MR) is 52.7 cm³/mol. The van der Waals surface area contributed by atoms with Gasteiger partial charge in [-0.1, -0.05) is 23.4 Å². The number of rotatable bonds is 3. The number of aromatic nitrogens is 1. The Bertz CT molecular complexity index is 420. The number of fused-ring (bicyclic) bond motifs is 1. The van der Waals surface area contributed by atoms with E-state index in [-0.39, 0.29) is 0 Å². The summed E-state index contributed by atoms with van der Waals surface area (Å²) in [5.41, 5.74) is 0.800. The molecule has 1 N–H and O–H groups in total. The number of hydrogen-bond donors (Lipinski definition) is 1. The van der Waals surface area contributed by atoms with Gasteiger partial charge in [-0.25, -0.2) is 0 Å². The first-order valence-electron chi connectivity index (χ1n) is 4.11. The zero-order valence-electron chi connectivity index (χ0n) is 7.16. The quantitative estimate of drug-likeness (QED) is 0.726. The van der Waals surface area contributed by atoms with Crippen molar-refractivity contribution in [1.29, 1.82) is 0 Å². The molecule has 13 heavy (non-hydrogen) atoms. The van der Waals surface area contributed by atoms with E-state index in [0.29, 0.717) is 6.54 Å². The highest BCUT2D eigenvalue weighted by atomic mass is 16.5. The summed E-state index contributed by atoms with van der Waals surface area (Å²) in [6.07, 6.45) is 1.78. The average Bonchev–Trinajstić information content (AvgIpc) is 2.58. The van der Waals surface area contributed by atoms with E-state index in [4.69, 9.17) is 4.52 Å². The molecule has 1 aromatic carbocycles. The van der Waals surface area contributed by atoms with Gasteiger partial charge in [0.1, 0.15) is 0 Å². The van der Waals surface area contributed by atoms with Crippen LogP contribution in [0.15, 0.2) is 41.4 Å². The Kier molecular flexibility index (Phi) is 2.00. The zero-order chi connectivity index (χ0) is 9.10. The van der Waals surface area contributed by atoms with Crippen LogP contribution in [0.25, 0.3) is 11.0 Å². The van der Waals surface area contributed by atoms with Gasteiger partial charge in [0.15, 0.2) is 11.4 Å². The number of anilines is 1. The molecule has 2 rings (SSSR count). The second-order valence-corrected chi connectivity index (χ2v) is 2.70. The molecule has 3 heteroatoms. The third kappa shape index (κ3) is 1.40. The van der Waals surface area contributed by atoms with E-state index in [1.807, 2.05) is 24.3 Å². The second-order valence-electron chi connectivity index (χ2n) is 2.70. The third-order valence-corrected chi connectivity index (χ3v) is 1.79. The minimum atomic E-state index is 0.691. The van der Waals surface area contributed by atoms with Crippen molar-refractivity contribution in [2.45, 2.75) is 0 Å². The minimum absolute atomic E-state index is 0.691.